The minimum Gasteiger partial charge on any atom is -0.355 e. The van der Waals surface area contributed by atoms with Gasteiger partial charge in [-0.2, -0.15) is 5.10 Å². The number of hydrogen-bond acceptors (Lipinski definition) is 3. The van der Waals surface area contributed by atoms with E-state index in [1.54, 1.807) is 0 Å². The lowest BCUT2D eigenvalue weighted by Crippen LogP contribution is -2.26. The lowest BCUT2D eigenvalue weighted by molar-refractivity contribution is -0.118. The van der Waals surface area contributed by atoms with Gasteiger partial charge in [0.15, 0.2) is 5.82 Å². The molecule has 0 aliphatic carbocycles. The van der Waals surface area contributed by atoms with E-state index in [0.717, 1.165) is 11.4 Å². The lowest BCUT2D eigenvalue weighted by Gasteiger charge is -1.99. The molecule has 1 aromatic carbocycles. The molecule has 0 atom stereocenters. The van der Waals surface area contributed by atoms with Crippen LogP contribution in [0.2, 0.25) is 0 Å². The fourth-order valence-electron chi connectivity index (χ4n) is 1.49. The number of amides is 1. The van der Waals surface area contributed by atoms with Gasteiger partial charge in [-0.15, -0.1) is 11.6 Å². The molecule has 2 aromatic rings. The molecule has 0 spiro atoms. The quantitative estimate of drug-likeness (QED) is 0.802. The normalized spacial score (nSPS) is 10.3. The number of carbonyl (C=O) groups is 1. The van der Waals surface area contributed by atoms with E-state index >= 15 is 0 Å². The van der Waals surface area contributed by atoms with Crippen LogP contribution in [0.3, 0.4) is 0 Å². The van der Waals surface area contributed by atoms with Crippen LogP contribution in [-0.4, -0.2) is 33.5 Å². The second kappa shape index (κ2) is 6.16. The van der Waals surface area contributed by atoms with Gasteiger partial charge in [0.2, 0.25) is 5.91 Å². The minimum atomic E-state index is -0.181. The van der Waals surface area contributed by atoms with E-state index in [0.29, 0.717) is 18.8 Å². The van der Waals surface area contributed by atoms with Gasteiger partial charge in [-0.1, -0.05) is 30.3 Å². The Hall–Kier alpha value is -1.88. The maximum Gasteiger partial charge on any atom is 0.234 e. The van der Waals surface area contributed by atoms with Crippen LogP contribution in [0.4, 0.5) is 0 Å². The Kier molecular flexibility index (Phi) is 4.30. The van der Waals surface area contributed by atoms with Gasteiger partial charge in [-0.25, -0.2) is 4.98 Å². The van der Waals surface area contributed by atoms with Crippen molar-refractivity contribution in [2.24, 2.45) is 0 Å². The van der Waals surface area contributed by atoms with Crippen molar-refractivity contribution in [1.82, 2.24) is 20.5 Å². The molecule has 2 N–H and O–H groups in total. The van der Waals surface area contributed by atoms with Crippen molar-refractivity contribution < 1.29 is 4.79 Å². The highest BCUT2D eigenvalue weighted by atomic mass is 35.5. The number of rotatable bonds is 5. The number of benzene rings is 1. The molecule has 18 heavy (non-hydrogen) atoms. The highest BCUT2D eigenvalue weighted by molar-refractivity contribution is 6.27. The average Bonchev–Trinajstić information content (AvgIpc) is 2.88. The van der Waals surface area contributed by atoms with Gasteiger partial charge in [0.25, 0.3) is 0 Å². The summed E-state index contributed by atoms with van der Waals surface area (Å²) in [5.41, 5.74) is 0.963. The summed E-state index contributed by atoms with van der Waals surface area (Å²) in [5, 5.41) is 9.65. The van der Waals surface area contributed by atoms with Crippen molar-refractivity contribution in [2.75, 3.05) is 12.4 Å². The van der Waals surface area contributed by atoms with Crippen LogP contribution in [0.15, 0.2) is 30.3 Å². The third-order valence-electron chi connectivity index (χ3n) is 2.37. The van der Waals surface area contributed by atoms with Crippen molar-refractivity contribution in [2.45, 2.75) is 6.42 Å². The number of carbonyl (C=O) groups excluding carboxylic acids is 1. The van der Waals surface area contributed by atoms with E-state index in [4.69, 9.17) is 11.6 Å². The smallest absolute Gasteiger partial charge is 0.234 e. The summed E-state index contributed by atoms with van der Waals surface area (Å²) in [5.74, 6) is 1.20. The van der Waals surface area contributed by atoms with Crippen molar-refractivity contribution in [3.63, 3.8) is 0 Å². The first-order valence-electron chi connectivity index (χ1n) is 5.59. The Balaban J connectivity index is 1.93. The van der Waals surface area contributed by atoms with Crippen LogP contribution in [0, 0.1) is 0 Å². The van der Waals surface area contributed by atoms with Crippen molar-refractivity contribution >= 4 is 17.5 Å². The molecule has 0 saturated carbocycles. The van der Waals surface area contributed by atoms with Crippen molar-refractivity contribution in [3.05, 3.63) is 36.2 Å². The van der Waals surface area contributed by atoms with Crippen LogP contribution in [0.5, 0.6) is 0 Å². The zero-order valence-electron chi connectivity index (χ0n) is 9.69. The van der Waals surface area contributed by atoms with Gasteiger partial charge in [-0.05, 0) is 0 Å². The molecule has 0 fully saturated rings. The van der Waals surface area contributed by atoms with Crippen molar-refractivity contribution in [3.8, 4) is 11.4 Å². The fraction of sp³-hybridized carbons (Fsp3) is 0.250. The highest BCUT2D eigenvalue weighted by Gasteiger charge is 2.05. The molecule has 0 saturated heterocycles. The largest absolute Gasteiger partial charge is 0.355 e. The van der Waals surface area contributed by atoms with Gasteiger partial charge in [-0.3, -0.25) is 9.89 Å². The van der Waals surface area contributed by atoms with E-state index in [2.05, 4.69) is 20.5 Å². The fourth-order valence-corrected chi connectivity index (χ4v) is 1.59. The first kappa shape index (κ1) is 12.6. The highest BCUT2D eigenvalue weighted by Crippen LogP contribution is 2.13. The molecule has 1 aromatic heterocycles. The maximum absolute atomic E-state index is 10.9. The van der Waals surface area contributed by atoms with Gasteiger partial charge in [0.1, 0.15) is 11.7 Å². The molecular weight excluding hydrogens is 252 g/mol. The van der Waals surface area contributed by atoms with Gasteiger partial charge in [0, 0.05) is 18.5 Å². The summed E-state index contributed by atoms with van der Waals surface area (Å²) in [4.78, 5) is 15.3. The molecule has 1 amide bonds. The number of halogens is 1. The standard InChI is InChI=1S/C12H13ClN4O/c13-8-11(18)14-7-6-10-15-12(17-16-10)9-4-2-1-3-5-9/h1-5H,6-8H2,(H,14,18)(H,15,16,17). The molecule has 1 heterocycles. The van der Waals surface area contributed by atoms with Gasteiger partial charge in [0.05, 0.1) is 0 Å². The molecule has 94 valence electrons. The van der Waals surface area contributed by atoms with Gasteiger partial charge >= 0.3 is 0 Å². The number of aromatic nitrogens is 3. The molecular formula is C12H13ClN4O. The third kappa shape index (κ3) is 3.30. The summed E-state index contributed by atoms with van der Waals surface area (Å²) >= 11 is 5.37. The van der Waals surface area contributed by atoms with Crippen LogP contribution in [-0.2, 0) is 11.2 Å². The predicted molar refractivity (Wildman–Crippen MR) is 69.3 cm³/mol. The summed E-state index contributed by atoms with van der Waals surface area (Å²) in [6.07, 6.45) is 0.600. The van der Waals surface area contributed by atoms with E-state index in [9.17, 15) is 4.79 Å². The lowest BCUT2D eigenvalue weighted by atomic mass is 10.2. The summed E-state index contributed by atoms with van der Waals surface area (Å²) in [6.45, 7) is 0.495. The number of aromatic amines is 1. The molecule has 0 radical (unpaired) electrons. The van der Waals surface area contributed by atoms with Crippen LogP contribution < -0.4 is 5.32 Å². The van der Waals surface area contributed by atoms with E-state index in [1.807, 2.05) is 30.3 Å². The second-order valence-corrected chi connectivity index (χ2v) is 3.97. The second-order valence-electron chi connectivity index (χ2n) is 3.71. The summed E-state index contributed by atoms with van der Waals surface area (Å²) in [7, 11) is 0. The zero-order chi connectivity index (χ0) is 12.8. The SMILES string of the molecule is O=C(CCl)NCCc1nc(-c2ccccc2)n[nH]1. The number of nitrogens with zero attached hydrogens (tertiary/aromatic N) is 2. The number of H-pyrrole nitrogens is 1. The Morgan fingerprint density at radius 3 is 2.83 bits per heavy atom. The Labute approximate surface area is 110 Å². The van der Waals surface area contributed by atoms with E-state index in [1.165, 1.54) is 0 Å². The van der Waals surface area contributed by atoms with Gasteiger partial charge < -0.3 is 5.32 Å². The van der Waals surface area contributed by atoms with Crippen LogP contribution in [0.25, 0.3) is 11.4 Å². The summed E-state index contributed by atoms with van der Waals surface area (Å²) in [6, 6.07) is 9.71. The third-order valence-corrected chi connectivity index (χ3v) is 2.61. The maximum atomic E-state index is 10.9. The number of alkyl halides is 1. The Morgan fingerprint density at radius 1 is 1.33 bits per heavy atom. The Bertz CT molecular complexity index is 512. The Morgan fingerprint density at radius 2 is 2.11 bits per heavy atom. The van der Waals surface area contributed by atoms with Crippen LogP contribution >= 0.6 is 11.6 Å². The predicted octanol–water partition coefficient (Wildman–Crippen LogP) is 1.37. The topological polar surface area (TPSA) is 70.7 Å². The minimum absolute atomic E-state index is 0.0222. The molecule has 6 heteroatoms. The van der Waals surface area contributed by atoms with E-state index in [-0.39, 0.29) is 11.8 Å². The van der Waals surface area contributed by atoms with Crippen molar-refractivity contribution in [1.29, 1.82) is 0 Å². The first-order chi connectivity index (χ1) is 8.79. The number of hydrogen-bond donors (Lipinski definition) is 2. The molecule has 5 nitrogen and oxygen atoms in total. The van der Waals surface area contributed by atoms with E-state index < -0.39 is 0 Å². The molecule has 0 bridgehead atoms. The average molecular weight is 265 g/mol. The zero-order valence-corrected chi connectivity index (χ0v) is 10.4. The molecule has 2 rings (SSSR count). The molecule has 0 aliphatic rings. The monoisotopic (exact) mass is 264 g/mol. The van der Waals surface area contributed by atoms with Crippen LogP contribution in [0.1, 0.15) is 5.82 Å². The summed E-state index contributed by atoms with van der Waals surface area (Å²) < 4.78 is 0. The first-order valence-corrected chi connectivity index (χ1v) is 6.12. The molecule has 0 aliphatic heterocycles. The molecule has 0 unspecified atom stereocenters. The number of nitrogens with one attached hydrogen (secondary N) is 2.